The van der Waals surface area contributed by atoms with E-state index in [9.17, 15) is 27.9 Å². The van der Waals surface area contributed by atoms with Crippen LogP contribution in [0.2, 0.25) is 0 Å². The van der Waals surface area contributed by atoms with E-state index in [1.165, 1.54) is 18.2 Å². The van der Waals surface area contributed by atoms with Gasteiger partial charge in [0.15, 0.2) is 0 Å². The summed E-state index contributed by atoms with van der Waals surface area (Å²) in [6.07, 6.45) is -4.59. The van der Waals surface area contributed by atoms with Gasteiger partial charge in [-0.3, -0.25) is 4.79 Å². The number of hydrogen-bond acceptors (Lipinski definition) is 2. The standard InChI is InChI=1S/C21H14F3NO3/c22-21(23,24)16-8-4-7-15(11-16)19(26)25-18-12-14(9-10-17(18)20(27)28)13-5-2-1-3-6-13/h1-12H,(H,25,26)(H,27,28). The summed E-state index contributed by atoms with van der Waals surface area (Å²) in [6, 6.07) is 17.4. The molecule has 0 aliphatic heterocycles. The first-order valence-corrected chi connectivity index (χ1v) is 8.17. The number of benzene rings is 3. The predicted octanol–water partition coefficient (Wildman–Crippen LogP) is 5.32. The van der Waals surface area contributed by atoms with Crippen molar-refractivity contribution in [3.63, 3.8) is 0 Å². The molecular formula is C21H14F3NO3. The number of carbonyl (C=O) groups excluding carboxylic acids is 1. The van der Waals surface area contributed by atoms with Crippen LogP contribution < -0.4 is 5.32 Å². The zero-order chi connectivity index (χ0) is 20.3. The number of aromatic carboxylic acids is 1. The molecule has 0 aliphatic carbocycles. The van der Waals surface area contributed by atoms with E-state index < -0.39 is 23.6 Å². The average Bonchev–Trinajstić information content (AvgIpc) is 2.68. The topological polar surface area (TPSA) is 66.4 Å². The fraction of sp³-hybridized carbons (Fsp3) is 0.0476. The number of carboxylic acids is 1. The third-order valence-corrected chi connectivity index (χ3v) is 4.06. The number of carboxylic acid groups (broad SMARTS) is 1. The molecule has 0 radical (unpaired) electrons. The van der Waals surface area contributed by atoms with Gasteiger partial charge in [0.1, 0.15) is 0 Å². The van der Waals surface area contributed by atoms with Gasteiger partial charge in [-0.25, -0.2) is 4.79 Å². The lowest BCUT2D eigenvalue weighted by atomic mass is 10.0. The lowest BCUT2D eigenvalue weighted by molar-refractivity contribution is -0.137. The van der Waals surface area contributed by atoms with Crippen LogP contribution in [0.4, 0.5) is 18.9 Å². The molecule has 0 bridgehead atoms. The SMILES string of the molecule is O=C(Nc1cc(-c2ccccc2)ccc1C(=O)O)c1cccc(C(F)(F)F)c1. The fourth-order valence-electron chi connectivity index (χ4n) is 2.68. The molecular weight excluding hydrogens is 371 g/mol. The Hall–Kier alpha value is -3.61. The van der Waals surface area contributed by atoms with Gasteiger partial charge >= 0.3 is 12.1 Å². The summed E-state index contributed by atoms with van der Waals surface area (Å²) in [5.74, 6) is -2.10. The highest BCUT2D eigenvalue weighted by molar-refractivity contribution is 6.08. The van der Waals surface area contributed by atoms with E-state index in [4.69, 9.17) is 0 Å². The molecule has 3 aromatic rings. The van der Waals surface area contributed by atoms with Crippen LogP contribution in [0, 0.1) is 0 Å². The van der Waals surface area contributed by atoms with Crippen molar-refractivity contribution in [2.24, 2.45) is 0 Å². The maximum absolute atomic E-state index is 12.9. The molecule has 7 heteroatoms. The summed E-state index contributed by atoms with van der Waals surface area (Å²) in [7, 11) is 0. The van der Waals surface area contributed by atoms with Gasteiger partial charge in [-0.2, -0.15) is 13.2 Å². The van der Waals surface area contributed by atoms with E-state index in [1.54, 1.807) is 18.2 Å². The summed E-state index contributed by atoms with van der Waals surface area (Å²) < 4.78 is 38.6. The first-order chi connectivity index (χ1) is 13.3. The fourth-order valence-corrected chi connectivity index (χ4v) is 2.68. The van der Waals surface area contributed by atoms with Crippen LogP contribution in [-0.4, -0.2) is 17.0 Å². The van der Waals surface area contributed by atoms with Crippen molar-refractivity contribution >= 4 is 17.6 Å². The molecule has 0 saturated heterocycles. The van der Waals surface area contributed by atoms with Gasteiger partial charge in [0.05, 0.1) is 16.8 Å². The summed E-state index contributed by atoms with van der Waals surface area (Å²) in [5.41, 5.74) is 0.100. The van der Waals surface area contributed by atoms with Crippen molar-refractivity contribution in [3.8, 4) is 11.1 Å². The molecule has 0 unspecified atom stereocenters. The maximum Gasteiger partial charge on any atom is 0.416 e. The second kappa shape index (κ2) is 7.56. The number of carbonyl (C=O) groups is 2. The normalized spacial score (nSPS) is 11.1. The Morgan fingerprint density at radius 1 is 0.821 bits per heavy atom. The number of hydrogen-bond donors (Lipinski definition) is 2. The smallest absolute Gasteiger partial charge is 0.416 e. The predicted molar refractivity (Wildman–Crippen MR) is 98.2 cm³/mol. The van der Waals surface area contributed by atoms with Crippen LogP contribution in [0.25, 0.3) is 11.1 Å². The van der Waals surface area contributed by atoms with Crippen molar-refractivity contribution in [3.05, 3.63) is 89.5 Å². The van der Waals surface area contributed by atoms with Crippen LogP contribution >= 0.6 is 0 Å². The number of alkyl halides is 3. The summed E-state index contributed by atoms with van der Waals surface area (Å²) >= 11 is 0. The minimum Gasteiger partial charge on any atom is -0.478 e. The second-order valence-corrected chi connectivity index (χ2v) is 5.96. The van der Waals surface area contributed by atoms with Gasteiger partial charge in [0.2, 0.25) is 0 Å². The Morgan fingerprint density at radius 3 is 2.18 bits per heavy atom. The largest absolute Gasteiger partial charge is 0.478 e. The summed E-state index contributed by atoms with van der Waals surface area (Å²) in [6.45, 7) is 0. The van der Waals surface area contributed by atoms with Crippen LogP contribution in [0.3, 0.4) is 0 Å². The van der Waals surface area contributed by atoms with Crippen molar-refractivity contribution in [1.82, 2.24) is 0 Å². The summed E-state index contributed by atoms with van der Waals surface area (Å²) in [5, 5.41) is 11.8. The molecule has 3 aromatic carbocycles. The van der Waals surface area contributed by atoms with E-state index in [0.29, 0.717) is 5.56 Å². The molecule has 0 heterocycles. The third kappa shape index (κ3) is 4.20. The van der Waals surface area contributed by atoms with Gasteiger partial charge in [0.25, 0.3) is 5.91 Å². The lowest BCUT2D eigenvalue weighted by Gasteiger charge is -2.12. The van der Waals surface area contributed by atoms with Crippen molar-refractivity contribution < 1.29 is 27.9 Å². The molecule has 0 spiro atoms. The van der Waals surface area contributed by atoms with Crippen LogP contribution in [-0.2, 0) is 6.18 Å². The first-order valence-electron chi connectivity index (χ1n) is 8.17. The lowest BCUT2D eigenvalue weighted by Crippen LogP contribution is -2.16. The molecule has 0 saturated carbocycles. The monoisotopic (exact) mass is 385 g/mol. The van der Waals surface area contributed by atoms with Gasteiger partial charge in [0, 0.05) is 5.56 Å². The Bertz CT molecular complexity index is 1030. The second-order valence-electron chi connectivity index (χ2n) is 5.96. The number of halogens is 3. The van der Waals surface area contributed by atoms with Crippen molar-refractivity contribution in [1.29, 1.82) is 0 Å². The van der Waals surface area contributed by atoms with E-state index >= 15 is 0 Å². The Kier molecular flexibility index (Phi) is 5.17. The summed E-state index contributed by atoms with van der Waals surface area (Å²) in [4.78, 5) is 23.9. The molecule has 0 aromatic heterocycles. The highest BCUT2D eigenvalue weighted by Gasteiger charge is 2.31. The quantitative estimate of drug-likeness (QED) is 0.639. The Morgan fingerprint density at radius 2 is 1.54 bits per heavy atom. The Labute approximate surface area is 158 Å². The molecule has 4 nitrogen and oxygen atoms in total. The third-order valence-electron chi connectivity index (χ3n) is 4.06. The van der Waals surface area contributed by atoms with Crippen LogP contribution in [0.1, 0.15) is 26.3 Å². The Balaban J connectivity index is 1.96. The number of amides is 1. The van der Waals surface area contributed by atoms with Crippen LogP contribution in [0.15, 0.2) is 72.8 Å². The minimum absolute atomic E-state index is 0.00346. The van der Waals surface area contributed by atoms with Crippen molar-refractivity contribution in [2.45, 2.75) is 6.18 Å². The molecule has 0 fully saturated rings. The number of rotatable bonds is 4. The minimum atomic E-state index is -4.59. The maximum atomic E-state index is 12.9. The van der Waals surface area contributed by atoms with Gasteiger partial charge in [-0.05, 0) is 41.5 Å². The molecule has 28 heavy (non-hydrogen) atoms. The molecule has 142 valence electrons. The molecule has 0 atom stereocenters. The molecule has 1 amide bonds. The van der Waals surface area contributed by atoms with E-state index in [2.05, 4.69) is 5.32 Å². The zero-order valence-electron chi connectivity index (χ0n) is 14.3. The van der Waals surface area contributed by atoms with Crippen molar-refractivity contribution in [2.75, 3.05) is 5.32 Å². The van der Waals surface area contributed by atoms with E-state index in [1.807, 2.05) is 18.2 Å². The zero-order valence-corrected chi connectivity index (χ0v) is 14.3. The van der Waals surface area contributed by atoms with Gasteiger partial charge in [-0.15, -0.1) is 0 Å². The number of nitrogens with one attached hydrogen (secondary N) is 1. The van der Waals surface area contributed by atoms with E-state index in [0.717, 1.165) is 23.8 Å². The molecule has 3 rings (SSSR count). The van der Waals surface area contributed by atoms with E-state index in [-0.39, 0.29) is 16.8 Å². The van der Waals surface area contributed by atoms with Gasteiger partial charge < -0.3 is 10.4 Å². The van der Waals surface area contributed by atoms with Gasteiger partial charge in [-0.1, -0.05) is 42.5 Å². The molecule has 0 aliphatic rings. The highest BCUT2D eigenvalue weighted by Crippen LogP contribution is 2.30. The average molecular weight is 385 g/mol. The van der Waals surface area contributed by atoms with Crippen LogP contribution in [0.5, 0.6) is 0 Å². The first kappa shape index (κ1) is 19.2. The molecule has 2 N–H and O–H groups in total. The number of anilines is 1. The highest BCUT2D eigenvalue weighted by atomic mass is 19.4.